The summed E-state index contributed by atoms with van der Waals surface area (Å²) in [5, 5.41) is 3.21. The first-order valence-corrected chi connectivity index (χ1v) is 8.86. The molecule has 0 bridgehead atoms. The van der Waals surface area contributed by atoms with E-state index in [1.165, 1.54) is 30.5 Å². The van der Waals surface area contributed by atoms with E-state index in [0.29, 0.717) is 12.6 Å². The maximum atomic E-state index is 12.3. The summed E-state index contributed by atoms with van der Waals surface area (Å²) in [6.07, 6.45) is 6.10. The predicted molar refractivity (Wildman–Crippen MR) is 96.7 cm³/mol. The van der Waals surface area contributed by atoms with Crippen LogP contribution in [0, 0.1) is 0 Å². The van der Waals surface area contributed by atoms with Crippen molar-refractivity contribution in [3.8, 4) is 0 Å². The summed E-state index contributed by atoms with van der Waals surface area (Å²) in [6, 6.07) is 8.96. The van der Waals surface area contributed by atoms with Gasteiger partial charge in [0.25, 0.3) is 0 Å². The normalized spacial score (nSPS) is 15.7. The first-order valence-electron chi connectivity index (χ1n) is 8.86. The van der Waals surface area contributed by atoms with E-state index in [0.717, 1.165) is 25.9 Å². The third-order valence-corrected chi connectivity index (χ3v) is 4.64. The highest BCUT2D eigenvalue weighted by atomic mass is 16.2. The SMILES string of the molecule is CCN(CC(=O)NC1CCCCC1)Cc1ccc(N(C)C)cc1. The molecule has 1 fully saturated rings. The van der Waals surface area contributed by atoms with Crippen molar-refractivity contribution < 1.29 is 4.79 Å². The fourth-order valence-corrected chi connectivity index (χ4v) is 3.16. The number of nitrogens with zero attached hydrogens (tertiary/aromatic N) is 2. The zero-order valence-corrected chi connectivity index (χ0v) is 14.8. The Bertz CT molecular complexity index is 478. The van der Waals surface area contributed by atoms with Gasteiger partial charge in [0.1, 0.15) is 0 Å². The average Bonchev–Trinajstić information content (AvgIpc) is 2.55. The number of hydrogen-bond donors (Lipinski definition) is 1. The average molecular weight is 317 g/mol. The zero-order valence-electron chi connectivity index (χ0n) is 14.8. The lowest BCUT2D eigenvalue weighted by Gasteiger charge is -2.25. The van der Waals surface area contributed by atoms with E-state index in [4.69, 9.17) is 0 Å². The van der Waals surface area contributed by atoms with Gasteiger partial charge in [-0.1, -0.05) is 38.3 Å². The van der Waals surface area contributed by atoms with Crippen LogP contribution in [0.1, 0.15) is 44.6 Å². The number of hydrogen-bond acceptors (Lipinski definition) is 3. The second-order valence-corrected chi connectivity index (χ2v) is 6.77. The van der Waals surface area contributed by atoms with Crippen molar-refractivity contribution in [3.05, 3.63) is 29.8 Å². The molecular formula is C19H31N3O. The Morgan fingerprint density at radius 1 is 1.13 bits per heavy atom. The number of carbonyl (C=O) groups is 1. The van der Waals surface area contributed by atoms with E-state index in [1.54, 1.807) is 0 Å². The topological polar surface area (TPSA) is 35.6 Å². The minimum atomic E-state index is 0.170. The summed E-state index contributed by atoms with van der Waals surface area (Å²) in [5.74, 6) is 0.170. The first kappa shape index (κ1) is 17.8. The lowest BCUT2D eigenvalue weighted by atomic mass is 9.95. The number of nitrogens with one attached hydrogen (secondary N) is 1. The minimum absolute atomic E-state index is 0.170. The standard InChI is InChI=1S/C19H31N3O/c1-4-22(14-16-10-12-18(13-11-16)21(2)3)15-19(23)20-17-8-6-5-7-9-17/h10-13,17H,4-9,14-15H2,1-3H3,(H,20,23). The van der Waals surface area contributed by atoms with Crippen LogP contribution in [0.2, 0.25) is 0 Å². The monoisotopic (exact) mass is 317 g/mol. The Balaban J connectivity index is 1.82. The second-order valence-electron chi connectivity index (χ2n) is 6.77. The van der Waals surface area contributed by atoms with Gasteiger partial charge in [-0.15, -0.1) is 0 Å². The van der Waals surface area contributed by atoms with Crippen LogP contribution in [-0.4, -0.2) is 44.0 Å². The van der Waals surface area contributed by atoms with Crippen LogP contribution < -0.4 is 10.2 Å². The molecular weight excluding hydrogens is 286 g/mol. The van der Waals surface area contributed by atoms with Crippen LogP contribution in [-0.2, 0) is 11.3 Å². The zero-order chi connectivity index (χ0) is 16.7. The molecule has 0 aliphatic heterocycles. The van der Waals surface area contributed by atoms with Gasteiger partial charge in [-0.25, -0.2) is 0 Å². The van der Waals surface area contributed by atoms with Gasteiger partial charge in [0.05, 0.1) is 6.54 Å². The number of anilines is 1. The smallest absolute Gasteiger partial charge is 0.234 e. The summed E-state index contributed by atoms with van der Waals surface area (Å²) in [4.78, 5) is 16.5. The van der Waals surface area contributed by atoms with Crippen molar-refractivity contribution in [2.24, 2.45) is 0 Å². The Morgan fingerprint density at radius 2 is 1.78 bits per heavy atom. The molecule has 4 heteroatoms. The predicted octanol–water partition coefficient (Wildman–Crippen LogP) is 3.02. The number of benzene rings is 1. The van der Waals surface area contributed by atoms with Gasteiger partial charge in [0.2, 0.25) is 5.91 Å². The van der Waals surface area contributed by atoms with E-state index >= 15 is 0 Å². The first-order chi connectivity index (χ1) is 11.1. The van der Waals surface area contributed by atoms with Crippen LogP contribution in [0.3, 0.4) is 0 Å². The van der Waals surface area contributed by atoms with Crippen LogP contribution in [0.5, 0.6) is 0 Å². The summed E-state index contributed by atoms with van der Waals surface area (Å²) >= 11 is 0. The van der Waals surface area contributed by atoms with Gasteiger partial charge >= 0.3 is 0 Å². The number of carbonyl (C=O) groups excluding carboxylic acids is 1. The Labute approximate surface area is 140 Å². The fraction of sp³-hybridized carbons (Fsp3) is 0.632. The summed E-state index contributed by atoms with van der Waals surface area (Å²) in [7, 11) is 4.09. The molecule has 1 aromatic rings. The maximum absolute atomic E-state index is 12.3. The lowest BCUT2D eigenvalue weighted by Crippen LogP contribution is -2.42. The van der Waals surface area contributed by atoms with Gasteiger partial charge in [0.15, 0.2) is 0 Å². The van der Waals surface area contributed by atoms with Gasteiger partial charge in [-0.2, -0.15) is 0 Å². The number of rotatable bonds is 7. The molecule has 1 saturated carbocycles. The molecule has 1 aromatic carbocycles. The highest BCUT2D eigenvalue weighted by Gasteiger charge is 2.17. The van der Waals surface area contributed by atoms with Crippen molar-refractivity contribution in [3.63, 3.8) is 0 Å². The third kappa shape index (κ3) is 5.87. The van der Waals surface area contributed by atoms with E-state index in [2.05, 4.69) is 46.3 Å². The third-order valence-electron chi connectivity index (χ3n) is 4.64. The molecule has 0 atom stereocenters. The molecule has 0 saturated heterocycles. The molecule has 1 amide bonds. The van der Waals surface area contributed by atoms with Crippen molar-refractivity contribution in [2.75, 3.05) is 32.1 Å². The van der Waals surface area contributed by atoms with Gasteiger partial charge in [-0.05, 0) is 37.1 Å². The summed E-state index contributed by atoms with van der Waals surface area (Å²) in [6.45, 7) is 4.31. The Kier molecular flexibility index (Phi) is 6.90. The molecule has 128 valence electrons. The van der Waals surface area contributed by atoms with E-state index in [9.17, 15) is 4.79 Å². The molecule has 4 nitrogen and oxygen atoms in total. The Morgan fingerprint density at radius 3 is 2.35 bits per heavy atom. The van der Waals surface area contributed by atoms with Crippen LogP contribution in [0.25, 0.3) is 0 Å². The fourth-order valence-electron chi connectivity index (χ4n) is 3.16. The molecule has 2 rings (SSSR count). The largest absolute Gasteiger partial charge is 0.378 e. The second kappa shape index (κ2) is 8.92. The van der Waals surface area contributed by atoms with Crippen molar-refractivity contribution >= 4 is 11.6 Å². The van der Waals surface area contributed by atoms with Crippen molar-refractivity contribution in [2.45, 2.75) is 51.6 Å². The number of likely N-dealkylation sites (N-methyl/N-ethyl adjacent to an activating group) is 1. The van der Waals surface area contributed by atoms with Crippen LogP contribution >= 0.6 is 0 Å². The highest BCUT2D eigenvalue weighted by molar-refractivity contribution is 5.78. The molecule has 1 N–H and O–H groups in total. The molecule has 0 heterocycles. The quantitative estimate of drug-likeness (QED) is 0.839. The molecule has 0 radical (unpaired) electrons. The van der Waals surface area contributed by atoms with Crippen LogP contribution in [0.15, 0.2) is 24.3 Å². The van der Waals surface area contributed by atoms with E-state index < -0.39 is 0 Å². The summed E-state index contributed by atoms with van der Waals surface area (Å²) in [5.41, 5.74) is 2.45. The molecule has 23 heavy (non-hydrogen) atoms. The van der Waals surface area contributed by atoms with E-state index in [-0.39, 0.29) is 5.91 Å². The molecule has 1 aliphatic carbocycles. The molecule has 0 spiro atoms. The summed E-state index contributed by atoms with van der Waals surface area (Å²) < 4.78 is 0. The molecule has 0 unspecified atom stereocenters. The minimum Gasteiger partial charge on any atom is -0.378 e. The number of amides is 1. The van der Waals surface area contributed by atoms with E-state index in [1.807, 2.05) is 14.1 Å². The van der Waals surface area contributed by atoms with Gasteiger partial charge in [0, 0.05) is 32.4 Å². The van der Waals surface area contributed by atoms with Gasteiger partial charge in [-0.3, -0.25) is 9.69 Å². The Hall–Kier alpha value is -1.55. The molecule has 1 aliphatic rings. The van der Waals surface area contributed by atoms with Crippen molar-refractivity contribution in [1.82, 2.24) is 10.2 Å². The van der Waals surface area contributed by atoms with Crippen molar-refractivity contribution in [1.29, 1.82) is 0 Å². The maximum Gasteiger partial charge on any atom is 0.234 e. The molecule has 0 aromatic heterocycles. The lowest BCUT2D eigenvalue weighted by molar-refractivity contribution is -0.123. The highest BCUT2D eigenvalue weighted by Crippen LogP contribution is 2.17. The van der Waals surface area contributed by atoms with Gasteiger partial charge < -0.3 is 10.2 Å². The van der Waals surface area contributed by atoms with Crippen LogP contribution in [0.4, 0.5) is 5.69 Å².